The summed E-state index contributed by atoms with van der Waals surface area (Å²) in [4.78, 5) is 51.8. The van der Waals surface area contributed by atoms with Crippen LogP contribution in [0.15, 0.2) is 34.0 Å². The van der Waals surface area contributed by atoms with E-state index >= 15 is 0 Å². The summed E-state index contributed by atoms with van der Waals surface area (Å²) in [6.45, 7) is 0. The molecule has 1 unspecified atom stereocenters. The monoisotopic (exact) mass is 372 g/mol. The van der Waals surface area contributed by atoms with Gasteiger partial charge in [0.2, 0.25) is 5.78 Å². The number of ketones is 2. The Kier molecular flexibility index (Phi) is 3.44. The zero-order valence-electron chi connectivity index (χ0n) is 14.0. The number of fused-ring (bicyclic) bond motifs is 3. The highest BCUT2D eigenvalue weighted by Gasteiger charge is 2.60. The summed E-state index contributed by atoms with van der Waals surface area (Å²) in [5.74, 6) is -6.20. The highest BCUT2D eigenvalue weighted by atomic mass is 16.3. The van der Waals surface area contributed by atoms with Crippen LogP contribution in [0.25, 0.3) is 5.76 Å². The molecule has 3 atom stereocenters. The van der Waals surface area contributed by atoms with Crippen molar-refractivity contribution in [3.05, 3.63) is 50.6 Å². The summed E-state index contributed by atoms with van der Waals surface area (Å²) in [5, 5.41) is 32.0. The molecular weight excluding hydrogens is 356 g/mol. The Labute approximate surface area is 151 Å². The maximum atomic E-state index is 13.1. The fourth-order valence-electron chi connectivity index (χ4n) is 4.45. The summed E-state index contributed by atoms with van der Waals surface area (Å²) in [6, 6.07) is 1.20. The van der Waals surface area contributed by atoms with E-state index in [-0.39, 0.29) is 30.4 Å². The lowest BCUT2D eigenvalue weighted by Gasteiger charge is -2.45. The first-order valence-electron chi connectivity index (χ1n) is 8.35. The van der Waals surface area contributed by atoms with Crippen molar-refractivity contribution in [2.45, 2.75) is 24.9 Å². The lowest BCUT2D eigenvalue weighted by atomic mass is 9.59. The second kappa shape index (κ2) is 5.40. The van der Waals surface area contributed by atoms with E-state index in [0.717, 1.165) is 0 Å². The maximum Gasteiger partial charge on any atom is 0.255 e. The number of primary amides is 1. The van der Waals surface area contributed by atoms with Gasteiger partial charge >= 0.3 is 0 Å². The van der Waals surface area contributed by atoms with Crippen LogP contribution in [0.5, 0.6) is 0 Å². The molecule has 1 amide bonds. The van der Waals surface area contributed by atoms with Crippen LogP contribution in [0.3, 0.4) is 0 Å². The first kappa shape index (κ1) is 17.2. The molecule has 1 fully saturated rings. The topological polar surface area (TPSA) is 171 Å². The molecule has 0 aromatic carbocycles. The molecule has 4 rings (SSSR count). The Morgan fingerprint density at radius 2 is 1.93 bits per heavy atom. The quantitative estimate of drug-likeness (QED) is 0.410. The predicted molar refractivity (Wildman–Crippen MR) is 90.3 cm³/mol. The van der Waals surface area contributed by atoms with Gasteiger partial charge in [-0.05, 0) is 18.8 Å². The Hall–Kier alpha value is -3.20. The molecule has 3 aliphatic carbocycles. The Balaban J connectivity index is 1.95. The third kappa shape index (κ3) is 2.08. The van der Waals surface area contributed by atoms with Crippen LogP contribution in [0, 0.1) is 11.8 Å². The predicted octanol–water partition coefficient (Wildman–Crippen LogP) is -0.593. The van der Waals surface area contributed by atoms with E-state index < -0.39 is 57.4 Å². The Morgan fingerprint density at radius 3 is 2.59 bits per heavy atom. The van der Waals surface area contributed by atoms with E-state index in [9.17, 15) is 34.5 Å². The number of carbonyl (C=O) groups is 3. The first-order chi connectivity index (χ1) is 12.7. The Morgan fingerprint density at radius 1 is 1.22 bits per heavy atom. The van der Waals surface area contributed by atoms with Crippen molar-refractivity contribution < 1.29 is 29.7 Å². The highest BCUT2D eigenvalue weighted by molar-refractivity contribution is 6.22. The number of rotatable bonds is 1. The molecule has 0 aliphatic heterocycles. The minimum Gasteiger partial charge on any atom is -0.508 e. The van der Waals surface area contributed by atoms with Gasteiger partial charge in [0.1, 0.15) is 17.1 Å². The lowest BCUT2D eigenvalue weighted by molar-refractivity contribution is -0.147. The normalized spacial score (nSPS) is 30.0. The largest absolute Gasteiger partial charge is 0.508 e. The molecule has 1 aromatic rings. The molecule has 1 saturated carbocycles. The van der Waals surface area contributed by atoms with Gasteiger partial charge in [0, 0.05) is 35.9 Å². The average Bonchev–Trinajstić information content (AvgIpc) is 2.57. The standard InChI is InChI=1S/C18H16N2O7/c19-17(26)13-10(22)5-7-3-6-4-8-12(9(21)1-2-20-8)14(23)11(6)15(24)18(7,27)16(13)25/h1-2,6-7,23,25,27H,3-5H2,(H2,19,26)(H,20,21)/t6?,7-,18-/m0/s1. The van der Waals surface area contributed by atoms with Gasteiger partial charge in [0.15, 0.2) is 16.8 Å². The molecule has 27 heavy (non-hydrogen) atoms. The number of aromatic amines is 1. The fourth-order valence-corrected chi connectivity index (χ4v) is 4.45. The van der Waals surface area contributed by atoms with Crippen LogP contribution in [-0.2, 0) is 20.8 Å². The SMILES string of the molecule is NC(=O)C1=C(O)[C@@]2(O)C(=O)C3=C(O)c4c([nH]ccc4=O)CC3C[C@H]2CC1=O. The van der Waals surface area contributed by atoms with Gasteiger partial charge in [-0.15, -0.1) is 0 Å². The number of nitrogens with two attached hydrogens (primary N) is 1. The number of carbonyl (C=O) groups excluding carboxylic acids is 3. The molecule has 0 saturated heterocycles. The molecule has 3 aliphatic rings. The number of aliphatic hydroxyl groups is 3. The third-order valence-corrected chi connectivity index (χ3v) is 5.70. The molecule has 0 spiro atoms. The molecular formula is C18H16N2O7. The number of hydrogen-bond donors (Lipinski definition) is 5. The fraction of sp³-hybridized carbons (Fsp3) is 0.333. The van der Waals surface area contributed by atoms with E-state index in [1.807, 2.05) is 0 Å². The molecule has 6 N–H and O–H groups in total. The minimum atomic E-state index is -2.54. The van der Waals surface area contributed by atoms with E-state index in [2.05, 4.69) is 4.98 Å². The van der Waals surface area contributed by atoms with Gasteiger partial charge in [0.25, 0.3) is 5.91 Å². The molecule has 0 radical (unpaired) electrons. The number of hydrogen-bond acceptors (Lipinski definition) is 7. The number of aromatic nitrogens is 1. The second-order valence-corrected chi connectivity index (χ2v) is 7.10. The van der Waals surface area contributed by atoms with Crippen molar-refractivity contribution in [3.63, 3.8) is 0 Å². The van der Waals surface area contributed by atoms with Crippen molar-refractivity contribution in [3.8, 4) is 0 Å². The molecule has 9 nitrogen and oxygen atoms in total. The zero-order valence-corrected chi connectivity index (χ0v) is 14.0. The summed E-state index contributed by atoms with van der Waals surface area (Å²) >= 11 is 0. The van der Waals surface area contributed by atoms with Gasteiger partial charge in [-0.25, -0.2) is 0 Å². The smallest absolute Gasteiger partial charge is 0.255 e. The zero-order chi connectivity index (χ0) is 19.7. The van der Waals surface area contributed by atoms with Crippen LogP contribution in [-0.4, -0.2) is 43.4 Å². The summed E-state index contributed by atoms with van der Waals surface area (Å²) < 4.78 is 0. The number of Topliss-reactive ketones (excluding diaryl/α,β-unsaturated/α-hetero) is 2. The van der Waals surface area contributed by atoms with E-state index in [1.165, 1.54) is 12.3 Å². The number of nitrogens with one attached hydrogen (secondary N) is 1. The minimum absolute atomic E-state index is 0.0652. The number of aliphatic hydroxyl groups excluding tert-OH is 2. The second-order valence-electron chi connectivity index (χ2n) is 7.10. The molecule has 0 bridgehead atoms. The first-order valence-corrected chi connectivity index (χ1v) is 8.35. The van der Waals surface area contributed by atoms with Gasteiger partial charge in [-0.2, -0.15) is 0 Å². The summed E-state index contributed by atoms with van der Waals surface area (Å²) in [6.07, 6.45) is 1.41. The van der Waals surface area contributed by atoms with Crippen LogP contribution >= 0.6 is 0 Å². The van der Waals surface area contributed by atoms with Gasteiger partial charge in [-0.1, -0.05) is 0 Å². The maximum absolute atomic E-state index is 13.1. The number of amides is 1. The van der Waals surface area contributed by atoms with Crippen LogP contribution in [0.2, 0.25) is 0 Å². The molecule has 1 heterocycles. The van der Waals surface area contributed by atoms with Crippen molar-refractivity contribution in [1.82, 2.24) is 4.98 Å². The van der Waals surface area contributed by atoms with E-state index in [1.54, 1.807) is 0 Å². The van der Waals surface area contributed by atoms with Crippen LogP contribution < -0.4 is 11.2 Å². The summed E-state index contributed by atoms with van der Waals surface area (Å²) in [5.41, 5.74) is 1.45. The summed E-state index contributed by atoms with van der Waals surface area (Å²) in [7, 11) is 0. The molecule has 1 aromatic heterocycles. The lowest BCUT2D eigenvalue weighted by Crippen LogP contribution is -2.58. The number of pyridine rings is 1. The van der Waals surface area contributed by atoms with Crippen molar-refractivity contribution >= 4 is 23.2 Å². The number of H-pyrrole nitrogens is 1. The molecule has 9 heteroatoms. The van der Waals surface area contributed by atoms with Crippen LogP contribution in [0.4, 0.5) is 0 Å². The van der Waals surface area contributed by atoms with Gasteiger partial charge in [-0.3, -0.25) is 19.2 Å². The van der Waals surface area contributed by atoms with Crippen molar-refractivity contribution in [2.24, 2.45) is 17.6 Å². The van der Waals surface area contributed by atoms with E-state index in [4.69, 9.17) is 5.73 Å². The van der Waals surface area contributed by atoms with Gasteiger partial charge in [0.05, 0.1) is 5.56 Å². The highest BCUT2D eigenvalue weighted by Crippen LogP contribution is 2.50. The molecule has 140 valence electrons. The van der Waals surface area contributed by atoms with Crippen molar-refractivity contribution in [1.29, 1.82) is 0 Å². The van der Waals surface area contributed by atoms with Crippen molar-refractivity contribution in [2.75, 3.05) is 0 Å². The average molecular weight is 372 g/mol. The van der Waals surface area contributed by atoms with E-state index in [0.29, 0.717) is 5.69 Å². The van der Waals surface area contributed by atoms with Crippen LogP contribution in [0.1, 0.15) is 24.1 Å². The third-order valence-electron chi connectivity index (χ3n) is 5.70. The van der Waals surface area contributed by atoms with Gasteiger partial charge < -0.3 is 26.0 Å². The Bertz CT molecular complexity index is 1050.